The van der Waals surface area contributed by atoms with E-state index >= 15 is 0 Å². The van der Waals surface area contributed by atoms with Crippen LogP contribution in [0.25, 0.3) is 0 Å². The van der Waals surface area contributed by atoms with Crippen molar-refractivity contribution in [2.75, 3.05) is 33.0 Å². The topological polar surface area (TPSA) is 525 Å². The summed E-state index contributed by atoms with van der Waals surface area (Å²) in [5.41, 5.74) is 0.213. The van der Waals surface area contributed by atoms with Crippen molar-refractivity contribution in [1.29, 1.82) is 0 Å². The number of rotatable bonds is 54. The zero-order valence-electron chi connectivity index (χ0n) is 64.3. The molecule has 4 heterocycles. The number of aliphatic hydroxyl groups excluding tert-OH is 13. The predicted molar refractivity (Wildman–Crippen MR) is 393 cm³/mol. The fourth-order valence-electron chi connectivity index (χ4n) is 14.4. The zero-order chi connectivity index (χ0) is 80.9. The molecule has 0 aliphatic carbocycles. The number of amides is 3. The Labute approximate surface area is 644 Å². The van der Waals surface area contributed by atoms with E-state index in [4.69, 9.17) is 42.6 Å². The van der Waals surface area contributed by atoms with E-state index in [9.17, 15) is 105 Å². The molecule has 18 N–H and O–H groups in total. The first-order valence-electron chi connectivity index (χ1n) is 39.7. The van der Waals surface area contributed by atoms with E-state index in [1.165, 1.54) is 96.3 Å². The van der Waals surface area contributed by atoms with Crippen LogP contribution in [0.5, 0.6) is 0 Å². The van der Waals surface area contributed by atoms with Crippen LogP contribution in [0.15, 0.2) is 42.5 Å². The molecule has 0 spiro atoms. The van der Waals surface area contributed by atoms with Crippen LogP contribution in [-0.4, -0.2) is 291 Å². The number of benzene rings is 1. The number of carbonyl (C=O) groups excluding carboxylic acids is 4. The molecule has 1 aromatic rings. The second-order valence-corrected chi connectivity index (χ2v) is 29.6. The van der Waals surface area contributed by atoms with Gasteiger partial charge >= 0.3 is 17.9 Å². The van der Waals surface area contributed by atoms with E-state index in [1.54, 1.807) is 36.4 Å². The quantitative estimate of drug-likeness (QED) is 0.0252. The van der Waals surface area contributed by atoms with Crippen LogP contribution in [0.3, 0.4) is 0 Å². The largest absolute Gasteiger partial charge is 0.477 e. The Hall–Kier alpha value is -5.06. The maximum atomic E-state index is 14.0. The van der Waals surface area contributed by atoms with Crippen LogP contribution in [-0.2, 0) is 66.6 Å². The second kappa shape index (κ2) is 50.3. The minimum absolute atomic E-state index is 0.106. The highest BCUT2D eigenvalue weighted by Crippen LogP contribution is 2.41. The standard InChI is InChI=1S/C77H129N3O30/c1-5-7-9-11-13-15-17-19-20-22-24-26-28-30-35-39-58(90)80-50(54(103-71(97)49-36-32-31-33-37-49)38-34-29-27-25-23-21-18-16-14-12-10-8-6-2)46-102-72-65(95)64(94)67(57(45-84)105-72)106-73-66(96)70(62(92)55(43-82)104-73)110-77(75(100)101)41-52(88)60(79-48(4)86)69(109-77)63(93)56(44-83)107-76(74(98)99)40-51(87)59(78-47(3)85)68(108-76)61(91)53(89)42-81/h31-34,36-38,50-57,59-70,72-73,81-84,87-89,91-96H,5-30,35,39-46H2,1-4H3,(H,78,85)(H,79,86)(H,80,90)(H,98,99)(H,100,101)/b38-34+/t50-,51-,52-,53+,54+,55+,56+,57+,59+,60+,61+,62-,63+,64+,65+,66+,67+,68+,69+,70-,72+,73-,76+,77-/m0/s1. The number of carboxylic acid groups (broad SMARTS) is 2. The number of aliphatic carboxylic acids is 2. The fourth-order valence-corrected chi connectivity index (χ4v) is 14.4. The van der Waals surface area contributed by atoms with Crippen LogP contribution >= 0.6 is 0 Å². The Morgan fingerprint density at radius 2 is 1.03 bits per heavy atom. The van der Waals surface area contributed by atoms with Crippen molar-refractivity contribution < 1.29 is 148 Å². The van der Waals surface area contributed by atoms with Crippen molar-refractivity contribution in [3.8, 4) is 0 Å². The van der Waals surface area contributed by atoms with E-state index in [0.717, 1.165) is 78.1 Å². The molecule has 0 radical (unpaired) electrons. The fraction of sp³-hybridized carbons (Fsp3) is 0.818. The van der Waals surface area contributed by atoms with E-state index < -0.39 is 228 Å². The van der Waals surface area contributed by atoms with E-state index in [2.05, 4.69) is 29.8 Å². The number of hydrogen-bond donors (Lipinski definition) is 18. The van der Waals surface area contributed by atoms with E-state index in [1.807, 2.05) is 6.08 Å². The van der Waals surface area contributed by atoms with Crippen LogP contribution < -0.4 is 16.0 Å². The Morgan fingerprint density at radius 1 is 0.555 bits per heavy atom. The number of unbranched alkanes of at least 4 members (excludes halogenated alkanes) is 25. The minimum Gasteiger partial charge on any atom is -0.477 e. The lowest BCUT2D eigenvalue weighted by molar-refractivity contribution is -0.388. The molecule has 0 aromatic heterocycles. The van der Waals surface area contributed by atoms with Crippen LogP contribution in [0.4, 0.5) is 0 Å². The average molecular weight is 1580 g/mol. The zero-order valence-corrected chi connectivity index (χ0v) is 64.3. The van der Waals surface area contributed by atoms with Crippen molar-refractivity contribution in [1.82, 2.24) is 16.0 Å². The number of allylic oxidation sites excluding steroid dienone is 1. The first kappa shape index (κ1) is 95.5. The molecule has 1 aromatic carbocycles. The van der Waals surface area contributed by atoms with Gasteiger partial charge in [-0.25, -0.2) is 14.4 Å². The third kappa shape index (κ3) is 29.7. The van der Waals surface area contributed by atoms with Gasteiger partial charge in [0.1, 0.15) is 91.6 Å². The Morgan fingerprint density at radius 3 is 1.51 bits per heavy atom. The molecule has 0 bridgehead atoms. The number of aliphatic hydroxyl groups is 13. The van der Waals surface area contributed by atoms with Gasteiger partial charge in [-0.3, -0.25) is 14.4 Å². The van der Waals surface area contributed by atoms with Crippen molar-refractivity contribution >= 4 is 35.6 Å². The summed E-state index contributed by atoms with van der Waals surface area (Å²) in [5.74, 6) is -13.9. The summed E-state index contributed by atoms with van der Waals surface area (Å²) in [6, 6.07) is 3.37. The number of nitrogens with one attached hydrogen (secondary N) is 3. The molecule has 24 atom stereocenters. The van der Waals surface area contributed by atoms with E-state index in [-0.39, 0.29) is 12.0 Å². The summed E-state index contributed by atoms with van der Waals surface area (Å²) in [6.07, 6.45) is -9.38. The van der Waals surface area contributed by atoms with Crippen molar-refractivity contribution in [2.45, 2.75) is 366 Å². The Kier molecular flexibility index (Phi) is 43.7. The molecule has 4 fully saturated rings. The molecular formula is C77H129N3O30. The maximum absolute atomic E-state index is 14.0. The lowest BCUT2D eigenvalue weighted by Crippen LogP contribution is -2.72. The summed E-state index contributed by atoms with van der Waals surface area (Å²) in [5, 5.41) is 175. The third-order valence-electron chi connectivity index (χ3n) is 20.7. The Bertz CT molecular complexity index is 2830. The van der Waals surface area contributed by atoms with Gasteiger partial charge in [-0.2, -0.15) is 0 Å². The molecule has 0 unspecified atom stereocenters. The van der Waals surface area contributed by atoms with Crippen molar-refractivity contribution in [3.63, 3.8) is 0 Å². The average Bonchev–Trinajstić information content (AvgIpc) is 0.751. The molecule has 110 heavy (non-hydrogen) atoms. The number of ether oxygens (including phenoxy) is 9. The highest BCUT2D eigenvalue weighted by Gasteiger charge is 2.62. The normalized spacial score (nSPS) is 30.2. The van der Waals surface area contributed by atoms with Gasteiger partial charge in [-0.05, 0) is 37.5 Å². The van der Waals surface area contributed by atoms with Gasteiger partial charge in [0.25, 0.3) is 11.6 Å². The molecule has 0 saturated carbocycles. The lowest BCUT2D eigenvalue weighted by atomic mass is 9.87. The van der Waals surface area contributed by atoms with Gasteiger partial charge in [-0.15, -0.1) is 0 Å². The molecule has 4 aliphatic rings. The maximum Gasteiger partial charge on any atom is 0.364 e. The highest BCUT2D eigenvalue weighted by atomic mass is 16.8. The van der Waals surface area contributed by atoms with Gasteiger partial charge in [-0.1, -0.05) is 192 Å². The van der Waals surface area contributed by atoms with Gasteiger partial charge in [0.05, 0.1) is 68.9 Å². The van der Waals surface area contributed by atoms with Crippen molar-refractivity contribution in [2.24, 2.45) is 0 Å². The lowest BCUT2D eigenvalue weighted by Gasteiger charge is -2.51. The molecule has 632 valence electrons. The SMILES string of the molecule is CCCCCCCCCCCCC/C=C/[C@@H](OC(=O)c1ccccc1)[C@H](CO[C@@H]1O[C@H](CO)[C@@H](O[C@@H]2O[C@H](CO)[C@H](O)[C@H](O[C@]3(C(=O)O)C[C@H](O)[C@@H](NC(C)=O)[C@H]([C@H](O)[C@@H](CO)O[C@]4(C(=O)O)C[C@H](O)[C@@H](NC(C)=O)[C@H]([C@H](O)[C@H](O)CO)O4)O3)[C@H]2O)[C@H](O)[C@H]1O)NC(=O)CCCCCCCCCCCCCCCCC. The van der Waals surface area contributed by atoms with E-state index in [0.29, 0.717) is 12.8 Å². The van der Waals surface area contributed by atoms with Gasteiger partial charge in [0, 0.05) is 33.1 Å². The van der Waals surface area contributed by atoms with Crippen LogP contribution in [0.1, 0.15) is 231 Å². The predicted octanol–water partition coefficient (Wildman–Crippen LogP) is 2.20. The Balaban J connectivity index is 1.36. The smallest absolute Gasteiger partial charge is 0.364 e. The summed E-state index contributed by atoms with van der Waals surface area (Å²) < 4.78 is 53.1. The summed E-state index contributed by atoms with van der Waals surface area (Å²) in [6.45, 7) is 0.973. The first-order chi connectivity index (χ1) is 52.7. The van der Waals surface area contributed by atoms with Crippen molar-refractivity contribution in [3.05, 3.63) is 48.0 Å². The molecule has 3 amide bonds. The summed E-state index contributed by atoms with van der Waals surface area (Å²) >= 11 is 0. The highest BCUT2D eigenvalue weighted by molar-refractivity contribution is 5.89. The van der Waals surface area contributed by atoms with Crippen LogP contribution in [0, 0.1) is 0 Å². The first-order valence-corrected chi connectivity index (χ1v) is 39.7. The minimum atomic E-state index is -3.41. The molecule has 33 heteroatoms. The summed E-state index contributed by atoms with van der Waals surface area (Å²) in [4.78, 5) is 79.6. The second-order valence-electron chi connectivity index (χ2n) is 29.6. The summed E-state index contributed by atoms with van der Waals surface area (Å²) in [7, 11) is 0. The number of hydrogen-bond acceptors (Lipinski definition) is 28. The number of carboxylic acids is 2. The number of carbonyl (C=O) groups is 6. The van der Waals surface area contributed by atoms with Gasteiger partial charge < -0.3 is 135 Å². The third-order valence-corrected chi connectivity index (χ3v) is 20.7. The molecule has 4 aliphatic heterocycles. The van der Waals surface area contributed by atoms with Gasteiger partial charge in [0.2, 0.25) is 17.7 Å². The molecule has 4 saturated heterocycles. The monoisotopic (exact) mass is 1580 g/mol. The molecule has 5 rings (SSSR count). The number of esters is 1. The molecular weight excluding hydrogens is 1450 g/mol. The van der Waals surface area contributed by atoms with Crippen LogP contribution in [0.2, 0.25) is 0 Å². The molecule has 33 nitrogen and oxygen atoms in total. The van der Waals surface area contributed by atoms with Gasteiger partial charge in [0.15, 0.2) is 12.6 Å².